The lowest BCUT2D eigenvalue weighted by Crippen LogP contribution is -2.17. The minimum atomic E-state index is -0.659. The van der Waals surface area contributed by atoms with E-state index in [0.29, 0.717) is 6.61 Å². The van der Waals surface area contributed by atoms with Crippen molar-refractivity contribution in [2.45, 2.75) is 45.9 Å². The summed E-state index contributed by atoms with van der Waals surface area (Å²) >= 11 is 3.51. The van der Waals surface area contributed by atoms with Crippen molar-refractivity contribution >= 4 is 25.0 Å². The Hall–Kier alpha value is -0.193. The highest BCUT2D eigenvalue weighted by Crippen LogP contribution is 2.29. The summed E-state index contributed by atoms with van der Waals surface area (Å²) in [6.07, 6.45) is 1.85. The minimum Gasteiger partial charge on any atom is -0.413 e. The Balaban J connectivity index is 3.04. The van der Waals surface area contributed by atoms with Crippen LogP contribution in [0, 0.1) is 0 Å². The predicted molar refractivity (Wildman–Crippen MR) is 72.9 cm³/mol. The molecule has 0 aliphatic carbocycles. The van der Waals surface area contributed by atoms with Gasteiger partial charge in [0.1, 0.15) is 4.60 Å². The van der Waals surface area contributed by atoms with E-state index >= 15 is 0 Å². The maximum absolute atomic E-state index is 5.78. The average molecular weight is 301 g/mol. The van der Waals surface area contributed by atoms with E-state index in [-0.39, 0.29) is 5.41 Å². The zero-order valence-electron chi connectivity index (χ0n) is 10.6. The molecule has 0 aromatic carbocycles. The van der Waals surface area contributed by atoms with Gasteiger partial charge in [0.25, 0.3) is 0 Å². The molecular weight excluding hydrogens is 282 g/mol. The molecular formula is C12H19BrNOSi. The third-order valence-electron chi connectivity index (χ3n) is 2.32. The van der Waals surface area contributed by atoms with Crippen LogP contribution in [0.4, 0.5) is 0 Å². The van der Waals surface area contributed by atoms with Crippen LogP contribution in [0.2, 0.25) is 13.1 Å². The van der Waals surface area contributed by atoms with Crippen LogP contribution >= 0.6 is 15.9 Å². The normalized spacial score (nSPS) is 12.2. The van der Waals surface area contributed by atoms with Gasteiger partial charge < -0.3 is 4.43 Å². The zero-order valence-corrected chi connectivity index (χ0v) is 13.2. The van der Waals surface area contributed by atoms with Crippen LogP contribution in [-0.2, 0) is 16.4 Å². The van der Waals surface area contributed by atoms with Gasteiger partial charge in [0.05, 0.1) is 6.61 Å². The van der Waals surface area contributed by atoms with E-state index < -0.39 is 9.04 Å². The van der Waals surface area contributed by atoms with Gasteiger partial charge in [-0.3, -0.25) is 0 Å². The molecule has 0 unspecified atom stereocenters. The lowest BCUT2D eigenvalue weighted by Gasteiger charge is -2.23. The molecule has 0 spiro atoms. The Morgan fingerprint density at radius 1 is 1.38 bits per heavy atom. The van der Waals surface area contributed by atoms with Crippen molar-refractivity contribution < 1.29 is 4.43 Å². The molecule has 0 N–H and O–H groups in total. The van der Waals surface area contributed by atoms with Crippen LogP contribution in [0.3, 0.4) is 0 Å². The Labute approximate surface area is 108 Å². The zero-order chi connectivity index (χ0) is 12.3. The molecule has 1 heterocycles. The standard InChI is InChI=1S/C12H19BrNOSi/c1-12(2,3)10-6-7-14-11(13)9(10)8-15-16(4)5/h6-7H,8H2,1-5H3. The van der Waals surface area contributed by atoms with Crippen LogP contribution in [0.5, 0.6) is 0 Å². The molecule has 0 amide bonds. The van der Waals surface area contributed by atoms with Gasteiger partial charge in [0, 0.05) is 11.8 Å². The highest BCUT2D eigenvalue weighted by molar-refractivity contribution is 9.10. The topological polar surface area (TPSA) is 22.1 Å². The summed E-state index contributed by atoms with van der Waals surface area (Å²) in [5.41, 5.74) is 2.61. The van der Waals surface area contributed by atoms with Gasteiger partial charge in [-0.05, 0) is 46.1 Å². The maximum atomic E-state index is 5.78. The third kappa shape index (κ3) is 3.68. The van der Waals surface area contributed by atoms with Crippen molar-refractivity contribution in [3.8, 4) is 0 Å². The van der Waals surface area contributed by atoms with Crippen molar-refractivity contribution in [1.29, 1.82) is 0 Å². The molecule has 1 aromatic heterocycles. The third-order valence-corrected chi connectivity index (χ3v) is 3.72. The second-order valence-corrected chi connectivity index (χ2v) is 7.93. The van der Waals surface area contributed by atoms with E-state index in [4.69, 9.17) is 4.43 Å². The van der Waals surface area contributed by atoms with Gasteiger partial charge in [0.15, 0.2) is 0 Å². The Kier molecular flexibility index (Phi) is 4.70. The van der Waals surface area contributed by atoms with Gasteiger partial charge in [0.2, 0.25) is 9.04 Å². The number of halogens is 1. The van der Waals surface area contributed by atoms with Crippen LogP contribution < -0.4 is 0 Å². The first-order valence-electron chi connectivity index (χ1n) is 5.39. The smallest absolute Gasteiger partial charge is 0.205 e. The lowest BCUT2D eigenvalue weighted by molar-refractivity contribution is 0.309. The van der Waals surface area contributed by atoms with Crippen LogP contribution in [0.1, 0.15) is 31.9 Å². The van der Waals surface area contributed by atoms with E-state index in [2.05, 4.69) is 60.8 Å². The number of hydrogen-bond donors (Lipinski definition) is 0. The first-order chi connectivity index (χ1) is 7.32. The first-order valence-corrected chi connectivity index (χ1v) is 8.59. The number of pyridine rings is 1. The molecule has 0 bridgehead atoms. The quantitative estimate of drug-likeness (QED) is 0.624. The largest absolute Gasteiger partial charge is 0.413 e. The van der Waals surface area contributed by atoms with Gasteiger partial charge in [-0.2, -0.15) is 0 Å². The molecule has 4 heteroatoms. The monoisotopic (exact) mass is 300 g/mol. The fraction of sp³-hybridized carbons (Fsp3) is 0.583. The number of hydrogen-bond acceptors (Lipinski definition) is 2. The van der Waals surface area contributed by atoms with Crippen molar-refractivity contribution in [1.82, 2.24) is 4.98 Å². The summed E-state index contributed by atoms with van der Waals surface area (Å²) in [4.78, 5) is 4.28. The van der Waals surface area contributed by atoms with Crippen LogP contribution in [-0.4, -0.2) is 14.0 Å². The molecule has 0 aliphatic heterocycles. The summed E-state index contributed by atoms with van der Waals surface area (Å²) in [5.74, 6) is 0. The number of nitrogens with zero attached hydrogens (tertiary/aromatic N) is 1. The minimum absolute atomic E-state index is 0.124. The molecule has 0 fully saturated rings. The van der Waals surface area contributed by atoms with Crippen molar-refractivity contribution in [2.75, 3.05) is 0 Å². The molecule has 1 rings (SSSR count). The van der Waals surface area contributed by atoms with Crippen LogP contribution in [0.25, 0.3) is 0 Å². The number of rotatable bonds is 3. The van der Waals surface area contributed by atoms with E-state index in [1.54, 1.807) is 0 Å². The second-order valence-electron chi connectivity index (χ2n) is 5.07. The average Bonchev–Trinajstić information content (AvgIpc) is 2.13. The number of aromatic nitrogens is 1. The predicted octanol–water partition coefficient (Wildman–Crippen LogP) is 3.91. The highest BCUT2D eigenvalue weighted by Gasteiger charge is 2.20. The van der Waals surface area contributed by atoms with E-state index in [0.717, 1.165) is 4.60 Å². The van der Waals surface area contributed by atoms with Crippen LogP contribution in [0.15, 0.2) is 16.9 Å². The van der Waals surface area contributed by atoms with Crippen molar-refractivity contribution in [2.24, 2.45) is 0 Å². The van der Waals surface area contributed by atoms with E-state index in [1.807, 2.05) is 6.20 Å². The maximum Gasteiger partial charge on any atom is 0.205 e. The summed E-state index contributed by atoms with van der Waals surface area (Å²) in [6.45, 7) is 11.6. The SMILES string of the molecule is C[Si](C)OCc1c(C(C)(C)C)ccnc1Br. The Morgan fingerprint density at radius 3 is 2.50 bits per heavy atom. The van der Waals surface area contributed by atoms with E-state index in [9.17, 15) is 0 Å². The molecule has 0 saturated heterocycles. The van der Waals surface area contributed by atoms with Crippen molar-refractivity contribution in [3.05, 3.63) is 28.0 Å². The summed E-state index contributed by atoms with van der Waals surface area (Å²) in [7, 11) is -0.659. The van der Waals surface area contributed by atoms with E-state index in [1.165, 1.54) is 11.1 Å². The summed E-state index contributed by atoms with van der Waals surface area (Å²) in [5, 5.41) is 0. The molecule has 2 nitrogen and oxygen atoms in total. The second kappa shape index (κ2) is 5.43. The Bertz CT molecular complexity index is 361. The molecule has 1 radical (unpaired) electrons. The van der Waals surface area contributed by atoms with Gasteiger partial charge in [-0.15, -0.1) is 0 Å². The molecule has 0 saturated carbocycles. The van der Waals surface area contributed by atoms with Crippen molar-refractivity contribution in [3.63, 3.8) is 0 Å². The van der Waals surface area contributed by atoms with Gasteiger partial charge >= 0.3 is 0 Å². The summed E-state index contributed by atoms with van der Waals surface area (Å²) in [6, 6.07) is 2.08. The fourth-order valence-corrected chi connectivity index (χ4v) is 2.40. The fourth-order valence-electron chi connectivity index (χ4n) is 1.52. The molecule has 1 aromatic rings. The molecule has 16 heavy (non-hydrogen) atoms. The molecule has 0 aliphatic rings. The van der Waals surface area contributed by atoms with Gasteiger partial charge in [-0.25, -0.2) is 4.98 Å². The summed E-state index contributed by atoms with van der Waals surface area (Å²) < 4.78 is 6.68. The lowest BCUT2D eigenvalue weighted by atomic mass is 9.85. The molecule has 0 atom stereocenters. The Morgan fingerprint density at radius 2 is 2.00 bits per heavy atom. The van der Waals surface area contributed by atoms with Gasteiger partial charge in [-0.1, -0.05) is 20.8 Å². The first kappa shape index (κ1) is 13.9. The molecule has 89 valence electrons. The highest BCUT2D eigenvalue weighted by atomic mass is 79.9.